The molecular formula is C24H14N2O7. The fraction of sp³-hybridized carbons (Fsp3) is 0.0417. The SMILES string of the molecule is COc1ccc(-c2nc3ccccc3c(=O)o2)cc1N1C(=O)c2ccc(C(=O)O)cc2C1=O. The molecule has 162 valence electrons. The summed E-state index contributed by atoms with van der Waals surface area (Å²) < 4.78 is 10.7. The molecule has 9 nitrogen and oxygen atoms in total. The first kappa shape index (κ1) is 20.1. The Hall–Kier alpha value is -4.79. The number of carboxylic acids is 1. The van der Waals surface area contributed by atoms with E-state index in [4.69, 9.17) is 9.15 Å². The first-order chi connectivity index (χ1) is 15.9. The average molecular weight is 442 g/mol. The molecule has 9 heteroatoms. The molecular weight excluding hydrogens is 428 g/mol. The minimum absolute atomic E-state index is 0.00683. The molecule has 0 atom stereocenters. The highest BCUT2D eigenvalue weighted by atomic mass is 16.5. The highest BCUT2D eigenvalue weighted by Crippen LogP contribution is 2.37. The van der Waals surface area contributed by atoms with E-state index in [0.717, 1.165) is 11.0 Å². The van der Waals surface area contributed by atoms with E-state index in [2.05, 4.69) is 4.98 Å². The van der Waals surface area contributed by atoms with Crippen LogP contribution < -0.4 is 15.3 Å². The molecule has 0 unspecified atom stereocenters. The van der Waals surface area contributed by atoms with Gasteiger partial charge in [0.05, 0.1) is 40.4 Å². The topological polar surface area (TPSA) is 127 Å². The van der Waals surface area contributed by atoms with Gasteiger partial charge in [-0.25, -0.2) is 19.5 Å². The second kappa shape index (κ2) is 7.41. The lowest BCUT2D eigenvalue weighted by molar-refractivity contribution is 0.0696. The third-order valence-corrected chi connectivity index (χ3v) is 5.34. The van der Waals surface area contributed by atoms with Crippen LogP contribution in [-0.2, 0) is 0 Å². The number of fused-ring (bicyclic) bond motifs is 2. The molecule has 0 aliphatic carbocycles. The first-order valence-corrected chi connectivity index (χ1v) is 9.73. The zero-order chi connectivity index (χ0) is 23.3. The minimum Gasteiger partial charge on any atom is -0.495 e. The van der Waals surface area contributed by atoms with Gasteiger partial charge in [0.25, 0.3) is 11.8 Å². The van der Waals surface area contributed by atoms with Gasteiger partial charge in [0.15, 0.2) is 0 Å². The van der Waals surface area contributed by atoms with Crippen LogP contribution in [0, 0.1) is 0 Å². The first-order valence-electron chi connectivity index (χ1n) is 9.73. The average Bonchev–Trinajstić information content (AvgIpc) is 3.07. The van der Waals surface area contributed by atoms with Crippen LogP contribution in [0.15, 0.2) is 69.9 Å². The number of anilines is 1. The largest absolute Gasteiger partial charge is 0.495 e. The Morgan fingerprint density at radius 1 is 0.970 bits per heavy atom. The normalized spacial score (nSPS) is 12.8. The molecule has 2 heterocycles. The number of ether oxygens (including phenoxy) is 1. The minimum atomic E-state index is -1.21. The van der Waals surface area contributed by atoms with Gasteiger partial charge in [-0.2, -0.15) is 0 Å². The number of hydrogen-bond donors (Lipinski definition) is 1. The van der Waals surface area contributed by atoms with Gasteiger partial charge >= 0.3 is 11.6 Å². The number of carboxylic acid groups (broad SMARTS) is 1. The Morgan fingerprint density at radius 3 is 2.48 bits per heavy atom. The number of methoxy groups -OCH3 is 1. The lowest BCUT2D eigenvalue weighted by atomic mass is 10.1. The molecule has 1 aromatic heterocycles. The molecule has 0 radical (unpaired) electrons. The Labute approximate surface area is 185 Å². The Balaban J connectivity index is 1.64. The zero-order valence-electron chi connectivity index (χ0n) is 17.1. The van der Waals surface area contributed by atoms with E-state index < -0.39 is 23.4 Å². The second-order valence-corrected chi connectivity index (χ2v) is 7.22. The molecule has 33 heavy (non-hydrogen) atoms. The van der Waals surface area contributed by atoms with Gasteiger partial charge in [-0.1, -0.05) is 12.1 Å². The number of nitrogens with zero attached hydrogens (tertiary/aromatic N) is 2. The van der Waals surface area contributed by atoms with Crippen LogP contribution >= 0.6 is 0 Å². The van der Waals surface area contributed by atoms with Crippen LogP contribution in [0.25, 0.3) is 22.4 Å². The third-order valence-electron chi connectivity index (χ3n) is 5.34. The van der Waals surface area contributed by atoms with E-state index in [0.29, 0.717) is 16.5 Å². The molecule has 3 aromatic carbocycles. The van der Waals surface area contributed by atoms with Crippen LogP contribution in [0.5, 0.6) is 5.75 Å². The molecule has 1 aliphatic rings. The standard InChI is InChI=1S/C24H14N2O7/c1-32-19-9-7-12(20-25-17-5-3-2-4-15(17)24(31)33-20)11-18(19)26-21(27)14-8-6-13(23(29)30)10-16(14)22(26)28/h2-11H,1H3,(H,29,30). The highest BCUT2D eigenvalue weighted by molar-refractivity contribution is 6.35. The lowest BCUT2D eigenvalue weighted by Gasteiger charge is -2.18. The van der Waals surface area contributed by atoms with Crippen LogP contribution in [-0.4, -0.2) is 35.0 Å². The van der Waals surface area contributed by atoms with Crippen LogP contribution in [0.2, 0.25) is 0 Å². The summed E-state index contributed by atoms with van der Waals surface area (Å²) in [5.74, 6) is -2.31. The smallest absolute Gasteiger partial charge is 0.347 e. The Morgan fingerprint density at radius 2 is 1.73 bits per heavy atom. The second-order valence-electron chi connectivity index (χ2n) is 7.22. The summed E-state index contributed by atoms with van der Waals surface area (Å²) in [5.41, 5.74) is 0.250. The van der Waals surface area contributed by atoms with Gasteiger partial charge in [-0.3, -0.25) is 9.59 Å². The number of aromatic nitrogens is 1. The van der Waals surface area contributed by atoms with Gasteiger partial charge < -0.3 is 14.3 Å². The highest BCUT2D eigenvalue weighted by Gasteiger charge is 2.38. The summed E-state index contributed by atoms with van der Waals surface area (Å²) in [5, 5.41) is 9.54. The maximum absolute atomic E-state index is 13.1. The van der Waals surface area contributed by atoms with Crippen molar-refractivity contribution in [3.63, 3.8) is 0 Å². The molecule has 4 aromatic rings. The van der Waals surface area contributed by atoms with Crippen LogP contribution in [0.3, 0.4) is 0 Å². The summed E-state index contributed by atoms with van der Waals surface area (Å²) >= 11 is 0. The fourth-order valence-corrected chi connectivity index (χ4v) is 3.73. The molecule has 2 amide bonds. The van der Waals surface area contributed by atoms with E-state index in [1.165, 1.54) is 31.4 Å². The summed E-state index contributed by atoms with van der Waals surface area (Å²) in [4.78, 5) is 55.1. The van der Waals surface area contributed by atoms with Crippen molar-refractivity contribution in [2.24, 2.45) is 0 Å². The van der Waals surface area contributed by atoms with Crippen LogP contribution in [0.4, 0.5) is 5.69 Å². The van der Waals surface area contributed by atoms with E-state index in [9.17, 15) is 24.3 Å². The van der Waals surface area contributed by atoms with Gasteiger partial charge in [0.2, 0.25) is 5.89 Å². The molecule has 0 bridgehead atoms. The molecule has 0 saturated heterocycles. The number of imide groups is 1. The number of amides is 2. The van der Waals surface area contributed by atoms with E-state index in [1.54, 1.807) is 30.3 Å². The summed E-state index contributed by atoms with van der Waals surface area (Å²) in [6.07, 6.45) is 0. The summed E-state index contributed by atoms with van der Waals surface area (Å²) in [6, 6.07) is 15.0. The third kappa shape index (κ3) is 3.14. The number of carbonyl (C=O) groups excluding carboxylic acids is 2. The van der Waals surface area contributed by atoms with Crippen molar-refractivity contribution in [2.45, 2.75) is 0 Å². The van der Waals surface area contributed by atoms with Gasteiger partial charge in [0.1, 0.15) is 5.75 Å². The van der Waals surface area contributed by atoms with Gasteiger partial charge in [-0.15, -0.1) is 0 Å². The predicted octanol–water partition coefficient (Wildman–Crippen LogP) is 3.36. The van der Waals surface area contributed by atoms with Crippen molar-refractivity contribution < 1.29 is 28.6 Å². The van der Waals surface area contributed by atoms with Gasteiger partial charge in [0, 0.05) is 5.56 Å². The van der Waals surface area contributed by atoms with Crippen molar-refractivity contribution >= 4 is 34.4 Å². The van der Waals surface area contributed by atoms with Crippen molar-refractivity contribution in [3.8, 4) is 17.2 Å². The Kier molecular flexibility index (Phi) is 4.52. The number of hydrogen-bond acceptors (Lipinski definition) is 7. The van der Waals surface area contributed by atoms with E-state index >= 15 is 0 Å². The molecule has 0 fully saturated rings. The number of para-hydroxylation sites is 1. The van der Waals surface area contributed by atoms with Crippen LogP contribution in [0.1, 0.15) is 31.1 Å². The molecule has 5 rings (SSSR count). The summed E-state index contributed by atoms with van der Waals surface area (Å²) in [7, 11) is 1.38. The molecule has 0 spiro atoms. The molecule has 1 aliphatic heterocycles. The molecule has 0 saturated carbocycles. The number of carbonyl (C=O) groups is 3. The Bertz CT molecular complexity index is 1550. The fourth-order valence-electron chi connectivity index (χ4n) is 3.73. The lowest BCUT2D eigenvalue weighted by Crippen LogP contribution is -2.29. The van der Waals surface area contributed by atoms with Crippen molar-refractivity contribution in [3.05, 3.63) is 87.8 Å². The zero-order valence-corrected chi connectivity index (χ0v) is 17.1. The van der Waals surface area contributed by atoms with Gasteiger partial charge in [-0.05, 0) is 48.5 Å². The predicted molar refractivity (Wildman–Crippen MR) is 117 cm³/mol. The monoisotopic (exact) mass is 442 g/mol. The number of aromatic carboxylic acids is 1. The van der Waals surface area contributed by atoms with Crippen molar-refractivity contribution in [2.75, 3.05) is 12.0 Å². The maximum Gasteiger partial charge on any atom is 0.347 e. The number of rotatable bonds is 4. The molecule has 1 N–H and O–H groups in total. The quantitative estimate of drug-likeness (QED) is 0.477. The maximum atomic E-state index is 13.1. The van der Waals surface area contributed by atoms with E-state index in [-0.39, 0.29) is 34.0 Å². The van der Waals surface area contributed by atoms with Crippen molar-refractivity contribution in [1.82, 2.24) is 4.98 Å². The van der Waals surface area contributed by atoms with Crippen molar-refractivity contribution in [1.29, 1.82) is 0 Å². The van der Waals surface area contributed by atoms with E-state index in [1.807, 2.05) is 0 Å². The summed E-state index contributed by atoms with van der Waals surface area (Å²) in [6.45, 7) is 0. The number of benzene rings is 3.